The van der Waals surface area contributed by atoms with Crippen LogP contribution in [-0.4, -0.2) is 56.7 Å². The number of halogens is 1. The molecule has 0 unspecified atom stereocenters. The number of rotatable bonds is 7. The van der Waals surface area contributed by atoms with Crippen LogP contribution in [-0.2, 0) is 4.79 Å². The van der Waals surface area contributed by atoms with Gasteiger partial charge in [-0.15, -0.1) is 0 Å². The molecular formula is C25H25BrN4O2S2. The Bertz CT molecular complexity index is 1230. The maximum Gasteiger partial charge on any atom is 0.258 e. The summed E-state index contributed by atoms with van der Waals surface area (Å²) in [6.45, 7) is 2.27. The fraction of sp³-hybridized carbons (Fsp3) is 0.320. The van der Waals surface area contributed by atoms with Gasteiger partial charge in [-0.25, -0.2) is 4.98 Å². The zero-order valence-electron chi connectivity index (χ0n) is 18.6. The van der Waals surface area contributed by atoms with Crippen molar-refractivity contribution >= 4 is 63.0 Å². The van der Waals surface area contributed by atoms with E-state index in [2.05, 4.69) is 30.6 Å². The summed E-state index contributed by atoms with van der Waals surface area (Å²) >= 11 is 6.85. The van der Waals surface area contributed by atoms with E-state index in [9.17, 15) is 9.59 Å². The number of nitrogens with zero attached hydrogens (tertiary/aromatic N) is 3. The Morgan fingerprint density at radius 3 is 2.74 bits per heavy atom. The van der Waals surface area contributed by atoms with Gasteiger partial charge in [-0.1, -0.05) is 33.8 Å². The minimum atomic E-state index is -0.0285. The molecule has 0 radical (unpaired) electrons. The molecule has 0 bridgehead atoms. The minimum absolute atomic E-state index is 0.0285. The number of carbonyl (C=O) groups is 2. The molecule has 1 fully saturated rings. The Morgan fingerprint density at radius 2 is 1.94 bits per heavy atom. The molecule has 3 aromatic rings. The summed E-state index contributed by atoms with van der Waals surface area (Å²) in [5.74, 6) is 1.09. The molecule has 0 spiro atoms. The van der Waals surface area contributed by atoms with Crippen molar-refractivity contribution in [2.24, 2.45) is 0 Å². The van der Waals surface area contributed by atoms with Crippen molar-refractivity contribution in [1.29, 1.82) is 0 Å². The number of thioether (sulfide) groups is 2. The lowest BCUT2D eigenvalue weighted by Gasteiger charge is -2.31. The third-order valence-electron chi connectivity index (χ3n) is 6.02. The van der Waals surface area contributed by atoms with E-state index in [-0.39, 0.29) is 11.8 Å². The zero-order chi connectivity index (χ0) is 23.5. The molecule has 0 aliphatic carbocycles. The highest BCUT2D eigenvalue weighted by Crippen LogP contribution is 2.34. The van der Waals surface area contributed by atoms with Gasteiger partial charge >= 0.3 is 0 Å². The standard InChI is InChI=1S/C25H25BrN4O2S2/c26-18-7-5-17(6-8-18)25(32)29-12-9-20(10-13-29)33-14-2-11-27-24(31)21-15-19-16-28-22-3-1-4-23(34-21)30(19)22/h1,3-8,15-16,20H,2,9-14H2,(H,27,31). The quantitative estimate of drug-likeness (QED) is 0.410. The highest BCUT2D eigenvalue weighted by atomic mass is 79.9. The summed E-state index contributed by atoms with van der Waals surface area (Å²) < 4.78 is 3.05. The van der Waals surface area contributed by atoms with Crippen LogP contribution in [0.1, 0.15) is 35.3 Å². The van der Waals surface area contributed by atoms with Crippen LogP contribution in [0.2, 0.25) is 0 Å². The average molecular weight is 558 g/mol. The minimum Gasteiger partial charge on any atom is -0.352 e. The lowest BCUT2D eigenvalue weighted by atomic mass is 10.1. The Kier molecular flexibility index (Phi) is 7.32. The zero-order valence-corrected chi connectivity index (χ0v) is 21.8. The second kappa shape index (κ2) is 10.6. The van der Waals surface area contributed by atoms with E-state index in [0.29, 0.717) is 16.7 Å². The van der Waals surface area contributed by atoms with Gasteiger partial charge in [0.1, 0.15) is 5.65 Å². The van der Waals surface area contributed by atoms with Gasteiger partial charge in [0, 0.05) is 34.9 Å². The molecule has 1 aromatic carbocycles. The molecule has 1 saturated heterocycles. The van der Waals surface area contributed by atoms with Crippen LogP contribution in [0.5, 0.6) is 0 Å². The molecule has 5 rings (SSSR count). The van der Waals surface area contributed by atoms with Gasteiger partial charge in [-0.05, 0) is 67.5 Å². The van der Waals surface area contributed by atoms with Gasteiger partial charge in [-0.3, -0.25) is 14.0 Å². The Morgan fingerprint density at radius 1 is 1.15 bits per heavy atom. The highest BCUT2D eigenvalue weighted by Gasteiger charge is 2.24. The third kappa shape index (κ3) is 5.21. The number of carbonyl (C=O) groups excluding carboxylic acids is 2. The van der Waals surface area contributed by atoms with E-state index in [1.807, 2.05) is 65.2 Å². The predicted molar refractivity (Wildman–Crippen MR) is 142 cm³/mol. The number of hydrogen-bond acceptors (Lipinski definition) is 5. The van der Waals surface area contributed by atoms with Gasteiger partial charge in [0.2, 0.25) is 0 Å². The average Bonchev–Trinajstić information content (AvgIpc) is 3.28. The van der Waals surface area contributed by atoms with Crippen molar-refractivity contribution in [2.75, 3.05) is 25.4 Å². The van der Waals surface area contributed by atoms with Crippen molar-refractivity contribution in [3.8, 4) is 0 Å². The number of hydrogen-bond donors (Lipinski definition) is 1. The first kappa shape index (κ1) is 23.5. The van der Waals surface area contributed by atoms with Gasteiger partial charge < -0.3 is 10.2 Å². The van der Waals surface area contributed by atoms with Crippen LogP contribution in [0, 0.1) is 0 Å². The number of pyridine rings is 1. The maximum atomic E-state index is 12.7. The molecule has 2 aromatic heterocycles. The van der Waals surface area contributed by atoms with Crippen molar-refractivity contribution < 1.29 is 9.59 Å². The van der Waals surface area contributed by atoms with E-state index in [0.717, 1.165) is 64.5 Å². The largest absolute Gasteiger partial charge is 0.352 e. The van der Waals surface area contributed by atoms with Crippen LogP contribution in [0.25, 0.3) is 11.7 Å². The second-order valence-corrected chi connectivity index (χ2v) is 11.7. The first-order valence-corrected chi connectivity index (χ1v) is 14.0. The van der Waals surface area contributed by atoms with Gasteiger partial charge in [0.05, 0.1) is 21.8 Å². The number of imidazole rings is 1. The van der Waals surface area contributed by atoms with Crippen LogP contribution < -0.4 is 5.32 Å². The summed E-state index contributed by atoms with van der Waals surface area (Å²) in [7, 11) is 0. The molecule has 2 aliphatic rings. The molecule has 6 nitrogen and oxygen atoms in total. The number of aromatic nitrogens is 2. The molecule has 0 atom stereocenters. The smallest absolute Gasteiger partial charge is 0.258 e. The van der Waals surface area contributed by atoms with Crippen molar-refractivity contribution in [2.45, 2.75) is 29.5 Å². The van der Waals surface area contributed by atoms with Gasteiger partial charge in [-0.2, -0.15) is 11.8 Å². The molecule has 2 amide bonds. The van der Waals surface area contributed by atoms with E-state index in [1.165, 1.54) is 11.8 Å². The Labute approximate surface area is 215 Å². The lowest BCUT2D eigenvalue weighted by molar-refractivity contribution is -0.116. The first-order valence-electron chi connectivity index (χ1n) is 11.4. The number of nitrogens with one attached hydrogen (secondary N) is 1. The number of amides is 2. The van der Waals surface area contributed by atoms with Crippen molar-refractivity contribution in [3.05, 3.63) is 69.3 Å². The van der Waals surface area contributed by atoms with Crippen LogP contribution in [0.3, 0.4) is 0 Å². The maximum absolute atomic E-state index is 12.7. The summed E-state index contributed by atoms with van der Waals surface area (Å²) in [4.78, 5) is 32.4. The van der Waals surface area contributed by atoms with Crippen LogP contribution in [0.4, 0.5) is 0 Å². The first-order chi connectivity index (χ1) is 16.6. The SMILES string of the molecule is O=C(NCCCSC1CCN(C(=O)c2ccc(Br)cc2)CC1)C1=Cc2cnc3cccc(n23)S1. The summed E-state index contributed by atoms with van der Waals surface area (Å²) in [5.41, 5.74) is 2.59. The highest BCUT2D eigenvalue weighted by molar-refractivity contribution is 9.10. The Hall–Kier alpha value is -2.23. The normalized spacial score (nSPS) is 15.9. The number of piperidine rings is 1. The van der Waals surface area contributed by atoms with Crippen LogP contribution in [0.15, 0.2) is 63.1 Å². The summed E-state index contributed by atoms with van der Waals surface area (Å²) in [5, 5.41) is 4.65. The fourth-order valence-electron chi connectivity index (χ4n) is 4.21. The fourth-order valence-corrected chi connectivity index (χ4v) is 6.67. The molecular weight excluding hydrogens is 532 g/mol. The van der Waals surface area contributed by atoms with Crippen molar-refractivity contribution in [3.63, 3.8) is 0 Å². The van der Waals surface area contributed by atoms with E-state index in [4.69, 9.17) is 0 Å². The van der Waals surface area contributed by atoms with Gasteiger partial charge in [0.25, 0.3) is 11.8 Å². The monoisotopic (exact) mass is 556 g/mol. The predicted octanol–water partition coefficient (Wildman–Crippen LogP) is 5.09. The van der Waals surface area contributed by atoms with Gasteiger partial charge in [0.15, 0.2) is 0 Å². The lowest BCUT2D eigenvalue weighted by Crippen LogP contribution is -2.39. The molecule has 176 valence electrons. The topological polar surface area (TPSA) is 66.7 Å². The molecule has 2 aliphatic heterocycles. The number of likely N-dealkylation sites (tertiary alicyclic amines) is 1. The molecule has 4 heterocycles. The Balaban J connectivity index is 1.01. The summed E-state index contributed by atoms with van der Waals surface area (Å²) in [6.07, 6.45) is 6.68. The molecule has 34 heavy (non-hydrogen) atoms. The number of benzene rings is 1. The molecule has 0 saturated carbocycles. The third-order valence-corrected chi connectivity index (χ3v) is 9.07. The summed E-state index contributed by atoms with van der Waals surface area (Å²) in [6, 6.07) is 13.5. The van der Waals surface area contributed by atoms with E-state index >= 15 is 0 Å². The second-order valence-electron chi connectivity index (χ2n) is 8.33. The molecule has 1 N–H and O–H groups in total. The molecule has 9 heteroatoms. The van der Waals surface area contributed by atoms with Crippen LogP contribution >= 0.6 is 39.5 Å². The van der Waals surface area contributed by atoms with E-state index in [1.54, 1.807) is 6.20 Å². The van der Waals surface area contributed by atoms with E-state index < -0.39 is 0 Å². The van der Waals surface area contributed by atoms with Crippen molar-refractivity contribution in [1.82, 2.24) is 19.6 Å².